The first-order chi connectivity index (χ1) is 9.71. The van der Waals surface area contributed by atoms with Crippen molar-refractivity contribution in [3.8, 4) is 11.8 Å². The van der Waals surface area contributed by atoms with Crippen molar-refractivity contribution in [3.63, 3.8) is 0 Å². The second kappa shape index (κ2) is 6.83. The van der Waals surface area contributed by atoms with Crippen LogP contribution in [0.15, 0.2) is 6.20 Å². The lowest BCUT2D eigenvalue weighted by atomic mass is 9.82. The molecule has 1 aromatic rings. The molecule has 3 N–H and O–H groups in total. The molecule has 7 heteroatoms. The summed E-state index contributed by atoms with van der Waals surface area (Å²) in [6.45, 7) is 3.62. The molecular formula is C13H22N4O3. The third kappa shape index (κ3) is 3.00. The first-order valence-electron chi connectivity index (χ1n) is 6.70. The van der Waals surface area contributed by atoms with Crippen LogP contribution in [0, 0.1) is 11.8 Å². The van der Waals surface area contributed by atoms with E-state index in [1.54, 1.807) is 20.4 Å². The van der Waals surface area contributed by atoms with Crippen LogP contribution in [-0.2, 0) is 4.74 Å². The zero-order valence-electron chi connectivity index (χ0n) is 12.1. The summed E-state index contributed by atoms with van der Waals surface area (Å²) in [6.07, 6.45) is 2.50. The maximum Gasteiger partial charge on any atom is 0.240 e. The zero-order valence-corrected chi connectivity index (χ0v) is 12.1. The number of nitrogens with two attached hydrogens (primary N) is 1. The smallest absolute Gasteiger partial charge is 0.240 e. The van der Waals surface area contributed by atoms with Crippen LogP contribution in [-0.4, -0.2) is 37.4 Å². The topological polar surface area (TPSA) is 91.5 Å². The molecule has 3 unspecified atom stereocenters. The number of nitrogens with one attached hydrogen (secondary N) is 1. The van der Waals surface area contributed by atoms with E-state index in [4.69, 9.17) is 20.1 Å². The quantitative estimate of drug-likeness (QED) is 0.606. The first kappa shape index (κ1) is 15.0. The minimum absolute atomic E-state index is 0.123. The van der Waals surface area contributed by atoms with Gasteiger partial charge >= 0.3 is 0 Å². The van der Waals surface area contributed by atoms with Crippen LogP contribution in [0.1, 0.15) is 25.1 Å². The number of hydrogen-bond acceptors (Lipinski definition) is 7. The summed E-state index contributed by atoms with van der Waals surface area (Å²) >= 11 is 0. The van der Waals surface area contributed by atoms with Gasteiger partial charge < -0.3 is 14.2 Å². The molecule has 1 aliphatic heterocycles. The van der Waals surface area contributed by atoms with E-state index in [9.17, 15) is 0 Å². The molecule has 0 saturated carbocycles. The summed E-state index contributed by atoms with van der Waals surface area (Å²) in [6, 6.07) is -0.123. The Labute approximate surface area is 118 Å². The van der Waals surface area contributed by atoms with Crippen LogP contribution >= 0.6 is 0 Å². The van der Waals surface area contributed by atoms with Crippen LogP contribution in [0.25, 0.3) is 0 Å². The fraction of sp³-hybridized carbons (Fsp3) is 0.692. The lowest BCUT2D eigenvalue weighted by Gasteiger charge is -2.34. The van der Waals surface area contributed by atoms with Crippen LogP contribution in [0.3, 0.4) is 0 Å². The van der Waals surface area contributed by atoms with Crippen molar-refractivity contribution in [2.45, 2.75) is 19.4 Å². The second-order valence-corrected chi connectivity index (χ2v) is 4.96. The molecule has 0 aromatic carbocycles. The normalized spacial score (nSPS) is 24.2. The molecule has 3 atom stereocenters. The van der Waals surface area contributed by atoms with Crippen LogP contribution in [0.4, 0.5) is 0 Å². The average molecular weight is 282 g/mol. The lowest BCUT2D eigenvalue weighted by molar-refractivity contribution is 0.00959. The molecule has 0 radical (unpaired) electrons. The van der Waals surface area contributed by atoms with Crippen molar-refractivity contribution in [3.05, 3.63) is 11.9 Å². The van der Waals surface area contributed by atoms with Gasteiger partial charge in [-0.15, -0.1) is 0 Å². The van der Waals surface area contributed by atoms with E-state index in [1.165, 1.54) is 0 Å². The number of aromatic nitrogens is 2. The van der Waals surface area contributed by atoms with Crippen molar-refractivity contribution in [2.75, 3.05) is 27.4 Å². The maximum atomic E-state index is 5.75. The minimum Gasteiger partial charge on any atom is -0.480 e. The van der Waals surface area contributed by atoms with Gasteiger partial charge in [0.1, 0.15) is 5.69 Å². The van der Waals surface area contributed by atoms with Crippen LogP contribution < -0.4 is 20.7 Å². The fourth-order valence-electron chi connectivity index (χ4n) is 2.63. The highest BCUT2D eigenvalue weighted by Gasteiger charge is 2.33. The molecule has 0 bridgehead atoms. The highest BCUT2D eigenvalue weighted by atomic mass is 16.5. The Morgan fingerprint density at radius 1 is 1.45 bits per heavy atom. The van der Waals surface area contributed by atoms with E-state index in [-0.39, 0.29) is 6.04 Å². The number of hydrazine groups is 1. The summed E-state index contributed by atoms with van der Waals surface area (Å²) in [4.78, 5) is 8.67. The van der Waals surface area contributed by atoms with Gasteiger partial charge in [0.25, 0.3) is 0 Å². The van der Waals surface area contributed by atoms with Gasteiger partial charge in [0.05, 0.1) is 26.5 Å². The van der Waals surface area contributed by atoms with E-state index in [0.717, 1.165) is 19.6 Å². The number of hydrogen-bond donors (Lipinski definition) is 2. The summed E-state index contributed by atoms with van der Waals surface area (Å²) in [5.74, 6) is 7.31. The van der Waals surface area contributed by atoms with Gasteiger partial charge in [-0.3, -0.25) is 11.3 Å². The SMILES string of the molecule is COc1cnc(C(NN)C2CCOCC2C)c(OC)n1. The molecule has 2 rings (SSSR count). The van der Waals surface area contributed by atoms with Gasteiger partial charge in [0, 0.05) is 13.2 Å². The monoisotopic (exact) mass is 282 g/mol. The Morgan fingerprint density at radius 2 is 2.25 bits per heavy atom. The van der Waals surface area contributed by atoms with E-state index in [2.05, 4.69) is 22.3 Å². The van der Waals surface area contributed by atoms with Gasteiger partial charge in [-0.05, 0) is 18.3 Å². The largest absolute Gasteiger partial charge is 0.480 e. The third-order valence-electron chi connectivity index (χ3n) is 3.76. The van der Waals surface area contributed by atoms with E-state index in [0.29, 0.717) is 29.3 Å². The molecule has 0 spiro atoms. The van der Waals surface area contributed by atoms with Crippen LogP contribution in [0.5, 0.6) is 11.8 Å². The maximum absolute atomic E-state index is 5.75. The Hall–Kier alpha value is -1.44. The minimum atomic E-state index is -0.123. The zero-order chi connectivity index (χ0) is 14.5. The Bertz CT molecular complexity index is 444. The number of ether oxygens (including phenoxy) is 3. The molecule has 112 valence electrons. The van der Waals surface area contributed by atoms with Gasteiger partial charge in [-0.25, -0.2) is 4.98 Å². The van der Waals surface area contributed by atoms with Crippen LogP contribution in [0.2, 0.25) is 0 Å². The Kier molecular flexibility index (Phi) is 5.11. The van der Waals surface area contributed by atoms with Gasteiger partial charge in [0.15, 0.2) is 0 Å². The summed E-state index contributed by atoms with van der Waals surface area (Å²) < 4.78 is 15.9. The van der Waals surface area contributed by atoms with Crippen molar-refractivity contribution in [1.29, 1.82) is 0 Å². The van der Waals surface area contributed by atoms with Gasteiger partial charge in [0.2, 0.25) is 11.8 Å². The Balaban J connectivity index is 2.30. The summed E-state index contributed by atoms with van der Waals surface area (Å²) in [7, 11) is 3.11. The molecule has 7 nitrogen and oxygen atoms in total. The fourth-order valence-corrected chi connectivity index (χ4v) is 2.63. The van der Waals surface area contributed by atoms with Crippen molar-refractivity contribution < 1.29 is 14.2 Å². The summed E-state index contributed by atoms with van der Waals surface area (Å²) in [5, 5.41) is 0. The molecule has 0 amide bonds. The molecule has 20 heavy (non-hydrogen) atoms. The number of rotatable bonds is 5. The molecule has 1 aromatic heterocycles. The standard InChI is InChI=1S/C13H22N4O3/c1-8-7-20-5-4-9(8)11(17-14)12-13(19-3)16-10(18-2)6-15-12/h6,8-9,11,17H,4-5,7,14H2,1-3H3. The van der Waals surface area contributed by atoms with Gasteiger partial charge in [-0.1, -0.05) is 6.92 Å². The second-order valence-electron chi connectivity index (χ2n) is 4.96. The van der Waals surface area contributed by atoms with Crippen molar-refractivity contribution >= 4 is 0 Å². The van der Waals surface area contributed by atoms with Crippen molar-refractivity contribution in [1.82, 2.24) is 15.4 Å². The van der Waals surface area contributed by atoms with Gasteiger partial charge in [-0.2, -0.15) is 4.98 Å². The van der Waals surface area contributed by atoms with E-state index < -0.39 is 0 Å². The third-order valence-corrected chi connectivity index (χ3v) is 3.76. The number of nitrogens with zero attached hydrogens (tertiary/aromatic N) is 2. The lowest BCUT2D eigenvalue weighted by Crippen LogP contribution is -2.40. The number of methoxy groups -OCH3 is 2. The van der Waals surface area contributed by atoms with Crippen molar-refractivity contribution in [2.24, 2.45) is 17.7 Å². The van der Waals surface area contributed by atoms with E-state index >= 15 is 0 Å². The highest BCUT2D eigenvalue weighted by molar-refractivity contribution is 5.26. The first-order valence-corrected chi connectivity index (χ1v) is 6.70. The molecule has 1 saturated heterocycles. The summed E-state index contributed by atoms with van der Waals surface area (Å²) in [5.41, 5.74) is 3.56. The average Bonchev–Trinajstić information content (AvgIpc) is 2.50. The van der Waals surface area contributed by atoms with E-state index in [1.807, 2.05) is 0 Å². The molecular weight excluding hydrogens is 260 g/mol. The molecule has 1 fully saturated rings. The highest BCUT2D eigenvalue weighted by Crippen LogP contribution is 2.35. The molecule has 0 aliphatic carbocycles. The molecule has 1 aliphatic rings. The predicted molar refractivity (Wildman–Crippen MR) is 73.3 cm³/mol. The molecule has 2 heterocycles. The predicted octanol–water partition coefficient (Wildman–Crippen LogP) is 0.671. The Morgan fingerprint density at radius 3 is 2.85 bits per heavy atom.